The van der Waals surface area contributed by atoms with Crippen LogP contribution in [0.5, 0.6) is 0 Å². The zero-order valence-corrected chi connectivity index (χ0v) is 13.5. The van der Waals surface area contributed by atoms with Crippen LogP contribution in [0.4, 0.5) is 18.9 Å². The highest BCUT2D eigenvalue weighted by Crippen LogP contribution is 2.28. The average Bonchev–Trinajstić information content (AvgIpc) is 3.19. The van der Waals surface area contributed by atoms with E-state index in [0.29, 0.717) is 11.4 Å². The number of benzene rings is 1. The van der Waals surface area contributed by atoms with Gasteiger partial charge < -0.3 is 0 Å². The lowest BCUT2D eigenvalue weighted by molar-refractivity contribution is -0.141. The summed E-state index contributed by atoms with van der Waals surface area (Å²) in [7, 11) is -3.67. The molecule has 0 saturated heterocycles. The zero-order valence-electron chi connectivity index (χ0n) is 11.9. The molecule has 0 fully saturated rings. The van der Waals surface area contributed by atoms with Gasteiger partial charge in [0.15, 0.2) is 5.69 Å². The summed E-state index contributed by atoms with van der Waals surface area (Å²) in [4.78, 5) is 0. The third kappa shape index (κ3) is 3.44. The van der Waals surface area contributed by atoms with Crippen LogP contribution in [-0.4, -0.2) is 18.2 Å². The Bertz CT molecular complexity index is 931. The number of thiophene rings is 1. The van der Waals surface area contributed by atoms with E-state index in [1.54, 1.807) is 11.4 Å². The fourth-order valence-electron chi connectivity index (χ4n) is 1.92. The lowest BCUT2D eigenvalue weighted by atomic mass is 10.3. The first-order chi connectivity index (χ1) is 11.3. The van der Waals surface area contributed by atoms with Crippen molar-refractivity contribution in [3.63, 3.8) is 0 Å². The standard InChI is InChI=1S/C14H10F3N3O2S2/c15-14(16,17)12-7-8-20(18-12)11-5-3-10(4-6-11)19-24(21,22)13-2-1-9-23-13/h1-9,19H. The van der Waals surface area contributed by atoms with Crippen LogP contribution in [0.25, 0.3) is 5.69 Å². The molecule has 1 aromatic carbocycles. The van der Waals surface area contributed by atoms with Crippen LogP contribution in [0.2, 0.25) is 0 Å². The molecule has 10 heteroatoms. The summed E-state index contributed by atoms with van der Waals surface area (Å²) >= 11 is 1.08. The van der Waals surface area contributed by atoms with Crippen molar-refractivity contribution in [1.29, 1.82) is 0 Å². The Kier molecular flexibility index (Phi) is 4.10. The molecule has 3 rings (SSSR count). The van der Waals surface area contributed by atoms with E-state index in [9.17, 15) is 21.6 Å². The molecule has 0 amide bonds. The summed E-state index contributed by atoms with van der Waals surface area (Å²) in [5.41, 5.74) is -0.315. The van der Waals surface area contributed by atoms with Gasteiger partial charge in [-0.3, -0.25) is 4.72 Å². The topological polar surface area (TPSA) is 64.0 Å². The van der Waals surface area contributed by atoms with Crippen molar-refractivity contribution < 1.29 is 21.6 Å². The zero-order chi connectivity index (χ0) is 17.4. The first-order valence-corrected chi connectivity index (χ1v) is 8.92. The van der Waals surface area contributed by atoms with Crippen LogP contribution in [0, 0.1) is 0 Å². The minimum Gasteiger partial charge on any atom is -0.279 e. The quantitative estimate of drug-likeness (QED) is 0.758. The van der Waals surface area contributed by atoms with Crippen molar-refractivity contribution >= 4 is 27.0 Å². The number of rotatable bonds is 4. The molecule has 126 valence electrons. The van der Waals surface area contributed by atoms with Crippen molar-refractivity contribution in [2.75, 3.05) is 4.72 Å². The van der Waals surface area contributed by atoms with E-state index in [4.69, 9.17) is 0 Å². The number of alkyl halides is 3. The highest BCUT2D eigenvalue weighted by Gasteiger charge is 2.33. The molecule has 0 atom stereocenters. The van der Waals surface area contributed by atoms with Gasteiger partial charge in [0.05, 0.1) is 5.69 Å². The fourth-order valence-corrected chi connectivity index (χ4v) is 3.97. The highest BCUT2D eigenvalue weighted by atomic mass is 32.2. The summed E-state index contributed by atoms with van der Waals surface area (Å²) in [6.07, 6.45) is -3.32. The van der Waals surface area contributed by atoms with Crippen LogP contribution in [0.1, 0.15) is 5.69 Å². The number of sulfonamides is 1. The third-order valence-electron chi connectivity index (χ3n) is 3.02. The van der Waals surface area contributed by atoms with Gasteiger partial charge in [0.2, 0.25) is 0 Å². The Balaban J connectivity index is 1.80. The first-order valence-electron chi connectivity index (χ1n) is 6.55. The Morgan fingerprint density at radius 1 is 1.08 bits per heavy atom. The molecule has 0 aliphatic carbocycles. The third-order valence-corrected chi connectivity index (χ3v) is 5.80. The van der Waals surface area contributed by atoms with Crippen molar-refractivity contribution in [3.05, 3.63) is 59.7 Å². The molecule has 24 heavy (non-hydrogen) atoms. The van der Waals surface area contributed by atoms with Gasteiger partial charge in [-0.2, -0.15) is 18.3 Å². The summed E-state index contributed by atoms with van der Waals surface area (Å²) in [5, 5.41) is 5.10. The van der Waals surface area contributed by atoms with E-state index in [0.717, 1.165) is 22.1 Å². The Labute approximate surface area is 139 Å². The van der Waals surface area contributed by atoms with Crippen LogP contribution in [0.3, 0.4) is 0 Å². The average molecular weight is 373 g/mol. The van der Waals surface area contributed by atoms with Gasteiger partial charge in [0.1, 0.15) is 4.21 Å². The predicted octanol–water partition coefficient (Wildman–Crippen LogP) is 3.75. The fraction of sp³-hybridized carbons (Fsp3) is 0.0714. The molecule has 0 aliphatic rings. The van der Waals surface area contributed by atoms with Gasteiger partial charge in [-0.25, -0.2) is 13.1 Å². The van der Waals surface area contributed by atoms with Crippen molar-refractivity contribution in [2.24, 2.45) is 0 Å². The number of aromatic nitrogens is 2. The molecule has 2 heterocycles. The number of nitrogens with one attached hydrogen (secondary N) is 1. The largest absolute Gasteiger partial charge is 0.435 e. The maximum Gasteiger partial charge on any atom is 0.435 e. The number of hydrogen-bond donors (Lipinski definition) is 1. The van der Waals surface area contributed by atoms with E-state index < -0.39 is 21.9 Å². The normalized spacial score (nSPS) is 12.3. The van der Waals surface area contributed by atoms with Gasteiger partial charge in [-0.15, -0.1) is 11.3 Å². The smallest absolute Gasteiger partial charge is 0.279 e. The summed E-state index contributed by atoms with van der Waals surface area (Å²) in [5.74, 6) is 0. The van der Waals surface area contributed by atoms with E-state index in [1.165, 1.54) is 36.5 Å². The summed E-state index contributed by atoms with van der Waals surface area (Å²) in [6, 6.07) is 9.82. The summed E-state index contributed by atoms with van der Waals surface area (Å²) < 4.78 is 65.5. The van der Waals surface area contributed by atoms with Crippen LogP contribution in [-0.2, 0) is 16.2 Å². The Morgan fingerprint density at radius 2 is 1.79 bits per heavy atom. The Morgan fingerprint density at radius 3 is 2.33 bits per heavy atom. The van der Waals surface area contributed by atoms with Gasteiger partial charge >= 0.3 is 6.18 Å². The van der Waals surface area contributed by atoms with Crippen LogP contribution in [0.15, 0.2) is 58.3 Å². The second-order valence-corrected chi connectivity index (χ2v) is 7.58. The first kappa shape index (κ1) is 16.5. The molecule has 0 radical (unpaired) electrons. The molecular weight excluding hydrogens is 363 g/mol. The number of hydrogen-bond acceptors (Lipinski definition) is 4. The molecule has 1 N–H and O–H groups in total. The predicted molar refractivity (Wildman–Crippen MR) is 83.7 cm³/mol. The van der Waals surface area contributed by atoms with E-state index in [2.05, 4.69) is 9.82 Å². The van der Waals surface area contributed by atoms with Crippen molar-refractivity contribution in [2.45, 2.75) is 10.4 Å². The lowest BCUT2D eigenvalue weighted by Gasteiger charge is -2.07. The van der Waals surface area contributed by atoms with Gasteiger partial charge in [-0.05, 0) is 41.8 Å². The number of anilines is 1. The van der Waals surface area contributed by atoms with Crippen LogP contribution >= 0.6 is 11.3 Å². The molecule has 2 aromatic heterocycles. The van der Waals surface area contributed by atoms with Crippen molar-refractivity contribution in [3.8, 4) is 5.69 Å². The van der Waals surface area contributed by atoms with Gasteiger partial charge in [0, 0.05) is 11.9 Å². The molecule has 0 aliphatic heterocycles. The summed E-state index contributed by atoms with van der Waals surface area (Å²) in [6.45, 7) is 0. The molecule has 5 nitrogen and oxygen atoms in total. The minimum atomic E-state index is -4.51. The monoisotopic (exact) mass is 373 g/mol. The molecule has 0 saturated carbocycles. The maximum atomic E-state index is 12.5. The number of nitrogens with zero attached hydrogens (tertiary/aromatic N) is 2. The van der Waals surface area contributed by atoms with Gasteiger partial charge in [0.25, 0.3) is 10.0 Å². The molecule has 0 spiro atoms. The molecule has 3 aromatic rings. The second-order valence-electron chi connectivity index (χ2n) is 4.73. The highest BCUT2D eigenvalue weighted by molar-refractivity contribution is 7.94. The van der Waals surface area contributed by atoms with Crippen LogP contribution < -0.4 is 4.72 Å². The molecular formula is C14H10F3N3O2S2. The Hall–Kier alpha value is -2.33. The van der Waals surface area contributed by atoms with Gasteiger partial charge in [-0.1, -0.05) is 6.07 Å². The molecule has 0 bridgehead atoms. The van der Waals surface area contributed by atoms with Crippen molar-refractivity contribution in [1.82, 2.24) is 9.78 Å². The lowest BCUT2D eigenvalue weighted by Crippen LogP contribution is -2.11. The van der Waals surface area contributed by atoms with E-state index in [1.807, 2.05) is 0 Å². The maximum absolute atomic E-state index is 12.5. The molecule has 0 unspecified atom stereocenters. The van der Waals surface area contributed by atoms with E-state index >= 15 is 0 Å². The minimum absolute atomic E-state index is 0.175. The SMILES string of the molecule is O=S(=O)(Nc1ccc(-n2ccc(C(F)(F)F)n2)cc1)c1cccs1. The number of halogens is 3. The second kappa shape index (κ2) is 5.95. The van der Waals surface area contributed by atoms with E-state index in [-0.39, 0.29) is 4.21 Å².